The third kappa shape index (κ3) is 3.17. The number of hydrogen-bond acceptors (Lipinski definition) is 2. The zero-order valence-electron chi connectivity index (χ0n) is 12.8. The number of nitrogens with one attached hydrogen (secondary N) is 1. The fraction of sp³-hybridized carbons (Fsp3) is 0.562. The lowest BCUT2D eigenvalue weighted by atomic mass is 9.78. The molecule has 1 fully saturated rings. The summed E-state index contributed by atoms with van der Waals surface area (Å²) >= 11 is 0. The van der Waals surface area contributed by atoms with Gasteiger partial charge in [-0.05, 0) is 30.4 Å². The van der Waals surface area contributed by atoms with Gasteiger partial charge in [-0.1, -0.05) is 20.3 Å². The van der Waals surface area contributed by atoms with Gasteiger partial charge in [0.25, 0.3) is 5.91 Å². The summed E-state index contributed by atoms with van der Waals surface area (Å²) in [6.07, 6.45) is 2.93. The Bertz CT molecular complexity index is 514. The van der Waals surface area contributed by atoms with Gasteiger partial charge in [-0.3, -0.25) is 4.79 Å². The van der Waals surface area contributed by atoms with Gasteiger partial charge in [0.2, 0.25) is 0 Å². The minimum Gasteiger partial charge on any atom is -0.383 e. The minimum absolute atomic E-state index is 0.0732. The summed E-state index contributed by atoms with van der Waals surface area (Å²) in [4.78, 5) is 14.1. The van der Waals surface area contributed by atoms with Crippen molar-refractivity contribution < 1.29 is 13.6 Å². The van der Waals surface area contributed by atoms with Crippen molar-refractivity contribution >= 4 is 11.6 Å². The van der Waals surface area contributed by atoms with Gasteiger partial charge in [-0.2, -0.15) is 0 Å². The highest BCUT2D eigenvalue weighted by molar-refractivity contribution is 5.94. The van der Waals surface area contributed by atoms with Crippen LogP contribution in [-0.2, 0) is 0 Å². The molecule has 1 saturated heterocycles. The molecule has 0 aliphatic carbocycles. The molecule has 1 heterocycles. The van der Waals surface area contributed by atoms with Gasteiger partial charge >= 0.3 is 0 Å². The standard InChI is InChI=1S/C16H22F2N2O/c1-4-16(2)5-7-20(8-6-16)15(21)11-9-12(17)14(19-3)13(18)10-11/h9-10,19H,4-8H2,1-3H3. The quantitative estimate of drug-likeness (QED) is 0.923. The molecule has 0 saturated carbocycles. The lowest BCUT2D eigenvalue weighted by Crippen LogP contribution is -2.42. The molecule has 116 valence electrons. The van der Waals surface area contributed by atoms with Crippen LogP contribution in [0.2, 0.25) is 0 Å². The Morgan fingerprint density at radius 1 is 1.29 bits per heavy atom. The molecule has 0 spiro atoms. The predicted molar refractivity (Wildman–Crippen MR) is 79.4 cm³/mol. The van der Waals surface area contributed by atoms with Crippen LogP contribution in [0.15, 0.2) is 12.1 Å². The molecule has 1 aromatic rings. The van der Waals surface area contributed by atoms with Gasteiger partial charge in [-0.25, -0.2) is 8.78 Å². The third-order valence-electron chi connectivity index (χ3n) is 4.65. The maximum Gasteiger partial charge on any atom is 0.254 e. The number of halogens is 2. The first-order chi connectivity index (χ1) is 9.90. The number of piperidine rings is 1. The van der Waals surface area contributed by atoms with Crippen LogP contribution in [0.3, 0.4) is 0 Å². The molecule has 5 heteroatoms. The van der Waals surface area contributed by atoms with E-state index >= 15 is 0 Å². The van der Waals surface area contributed by atoms with Crippen LogP contribution < -0.4 is 5.32 Å². The van der Waals surface area contributed by atoms with E-state index in [0.29, 0.717) is 13.1 Å². The number of amides is 1. The summed E-state index contributed by atoms with van der Waals surface area (Å²) in [6, 6.07) is 2.20. The Morgan fingerprint density at radius 3 is 2.24 bits per heavy atom. The summed E-state index contributed by atoms with van der Waals surface area (Å²) in [5.41, 5.74) is 0.136. The first-order valence-corrected chi connectivity index (χ1v) is 7.36. The fourth-order valence-electron chi connectivity index (χ4n) is 2.72. The average molecular weight is 296 g/mol. The van der Waals surface area contributed by atoms with E-state index in [4.69, 9.17) is 0 Å². The smallest absolute Gasteiger partial charge is 0.254 e. The second kappa shape index (κ2) is 6.00. The van der Waals surface area contributed by atoms with Crippen LogP contribution >= 0.6 is 0 Å². The summed E-state index contributed by atoms with van der Waals surface area (Å²) in [5, 5.41) is 2.45. The van der Waals surface area contributed by atoms with Gasteiger partial charge in [0.05, 0.1) is 0 Å². The van der Waals surface area contributed by atoms with Crippen molar-refractivity contribution in [2.24, 2.45) is 5.41 Å². The van der Waals surface area contributed by atoms with Crippen LogP contribution in [0.1, 0.15) is 43.5 Å². The molecule has 0 aromatic heterocycles. The molecule has 0 radical (unpaired) electrons. The van der Waals surface area contributed by atoms with Crippen LogP contribution in [-0.4, -0.2) is 30.9 Å². The van der Waals surface area contributed by atoms with E-state index in [1.165, 1.54) is 7.05 Å². The van der Waals surface area contributed by atoms with Crippen molar-refractivity contribution in [3.63, 3.8) is 0 Å². The average Bonchev–Trinajstić information content (AvgIpc) is 2.47. The van der Waals surface area contributed by atoms with E-state index in [2.05, 4.69) is 19.2 Å². The van der Waals surface area contributed by atoms with E-state index < -0.39 is 11.6 Å². The van der Waals surface area contributed by atoms with Gasteiger partial charge in [0.1, 0.15) is 17.3 Å². The number of carbonyl (C=O) groups is 1. The third-order valence-corrected chi connectivity index (χ3v) is 4.65. The predicted octanol–water partition coefficient (Wildman–Crippen LogP) is 3.66. The summed E-state index contributed by atoms with van der Waals surface area (Å²) in [6.45, 7) is 5.65. The van der Waals surface area contributed by atoms with Crippen molar-refractivity contribution in [2.45, 2.75) is 33.1 Å². The molecule has 0 unspecified atom stereocenters. The van der Waals surface area contributed by atoms with Crippen molar-refractivity contribution in [2.75, 3.05) is 25.5 Å². The monoisotopic (exact) mass is 296 g/mol. The van der Waals surface area contributed by atoms with Crippen LogP contribution in [0.25, 0.3) is 0 Å². The molecular formula is C16H22F2N2O. The second-order valence-corrected chi connectivity index (χ2v) is 6.02. The van der Waals surface area contributed by atoms with E-state index in [-0.39, 0.29) is 22.6 Å². The Hall–Kier alpha value is -1.65. The lowest BCUT2D eigenvalue weighted by molar-refractivity contribution is 0.0599. The number of carbonyl (C=O) groups excluding carboxylic acids is 1. The number of likely N-dealkylation sites (tertiary alicyclic amines) is 1. The van der Waals surface area contributed by atoms with Gasteiger partial charge < -0.3 is 10.2 Å². The molecule has 1 aliphatic heterocycles. The molecule has 2 rings (SSSR count). The first kappa shape index (κ1) is 15.7. The molecule has 0 atom stereocenters. The molecule has 1 amide bonds. The Labute approximate surface area is 124 Å². The summed E-state index contributed by atoms with van der Waals surface area (Å²) < 4.78 is 27.5. The molecule has 21 heavy (non-hydrogen) atoms. The van der Waals surface area contributed by atoms with Gasteiger partial charge in [0.15, 0.2) is 0 Å². The van der Waals surface area contributed by atoms with Gasteiger partial charge in [-0.15, -0.1) is 0 Å². The summed E-state index contributed by atoms with van der Waals surface area (Å²) in [7, 11) is 1.44. The maximum atomic E-state index is 13.7. The SMILES string of the molecule is CCC1(C)CCN(C(=O)c2cc(F)c(NC)c(F)c2)CC1. The fourth-order valence-corrected chi connectivity index (χ4v) is 2.72. The molecule has 0 bridgehead atoms. The van der Waals surface area contributed by atoms with E-state index in [0.717, 1.165) is 31.4 Å². The highest BCUT2D eigenvalue weighted by Gasteiger charge is 2.31. The topological polar surface area (TPSA) is 32.3 Å². The Balaban J connectivity index is 2.15. The van der Waals surface area contributed by atoms with Crippen molar-refractivity contribution in [3.8, 4) is 0 Å². The molecule has 1 aliphatic rings. The number of nitrogens with zero attached hydrogens (tertiary/aromatic N) is 1. The summed E-state index contributed by atoms with van der Waals surface area (Å²) in [5.74, 6) is -1.78. The number of hydrogen-bond donors (Lipinski definition) is 1. The largest absolute Gasteiger partial charge is 0.383 e. The van der Waals surface area contributed by atoms with Crippen LogP contribution in [0.4, 0.5) is 14.5 Å². The van der Waals surface area contributed by atoms with Crippen LogP contribution in [0, 0.1) is 17.0 Å². The molecule has 1 N–H and O–H groups in total. The molecule has 1 aromatic carbocycles. The van der Waals surface area contributed by atoms with Crippen molar-refractivity contribution in [1.82, 2.24) is 4.90 Å². The lowest BCUT2D eigenvalue weighted by Gasteiger charge is -2.39. The Morgan fingerprint density at radius 2 is 1.81 bits per heavy atom. The van der Waals surface area contributed by atoms with E-state index in [1.807, 2.05) is 0 Å². The number of rotatable bonds is 3. The minimum atomic E-state index is -0.740. The van der Waals surface area contributed by atoms with Crippen molar-refractivity contribution in [1.29, 1.82) is 0 Å². The highest BCUT2D eigenvalue weighted by Crippen LogP contribution is 2.34. The van der Waals surface area contributed by atoms with Crippen LogP contribution in [0.5, 0.6) is 0 Å². The van der Waals surface area contributed by atoms with Gasteiger partial charge in [0, 0.05) is 25.7 Å². The normalized spacial score (nSPS) is 17.7. The highest BCUT2D eigenvalue weighted by atomic mass is 19.1. The maximum absolute atomic E-state index is 13.7. The molecular weight excluding hydrogens is 274 g/mol. The Kier molecular flexibility index (Phi) is 4.49. The second-order valence-electron chi connectivity index (χ2n) is 6.02. The van der Waals surface area contributed by atoms with E-state index in [9.17, 15) is 13.6 Å². The number of anilines is 1. The first-order valence-electron chi connectivity index (χ1n) is 7.36. The van der Waals surface area contributed by atoms with E-state index in [1.54, 1.807) is 4.90 Å². The molecule has 3 nitrogen and oxygen atoms in total. The zero-order valence-corrected chi connectivity index (χ0v) is 12.8. The van der Waals surface area contributed by atoms with Crippen molar-refractivity contribution in [3.05, 3.63) is 29.3 Å². The number of benzene rings is 1. The zero-order chi connectivity index (χ0) is 15.6.